The number of benzene rings is 3. The van der Waals surface area contributed by atoms with E-state index in [1.54, 1.807) is 43.5 Å². The van der Waals surface area contributed by atoms with Gasteiger partial charge in [0.05, 0.1) is 48.4 Å². The molecule has 0 aliphatic heterocycles. The monoisotopic (exact) mass is 571 g/mol. The largest absolute Gasteiger partial charge is 0.340 e. The third-order valence-corrected chi connectivity index (χ3v) is 9.59. The molecule has 0 radical (unpaired) electrons. The molecule has 0 aliphatic carbocycles. The number of likely N-dealkylation sites (N-methyl/N-ethyl adjacent to an activating group) is 1. The van der Waals surface area contributed by atoms with Crippen LogP contribution in [0.4, 0.5) is 5.69 Å². The first-order valence-electron chi connectivity index (χ1n) is 13.9. The zero-order valence-corrected chi connectivity index (χ0v) is 24.9. The number of nitrogens with zero attached hydrogens (tertiary/aromatic N) is 5. The van der Waals surface area contributed by atoms with Gasteiger partial charge < -0.3 is 9.47 Å². The summed E-state index contributed by atoms with van der Waals surface area (Å²) in [5.41, 5.74) is 2.98. The van der Waals surface area contributed by atoms with Crippen LogP contribution in [-0.2, 0) is 27.8 Å². The predicted molar refractivity (Wildman–Crippen MR) is 163 cm³/mol. The fourth-order valence-electron chi connectivity index (χ4n) is 5.05. The fourth-order valence-corrected chi connectivity index (χ4v) is 6.20. The molecule has 4 aromatic rings. The number of sulfonamides is 1. The molecule has 4 rings (SSSR count). The van der Waals surface area contributed by atoms with E-state index < -0.39 is 10.0 Å². The van der Waals surface area contributed by atoms with Gasteiger partial charge in [-0.3, -0.25) is 9.10 Å². The molecule has 1 amide bonds. The quantitative estimate of drug-likeness (QED) is 0.232. The minimum Gasteiger partial charge on any atom is -0.340 e. The number of hydrogen-bond donors (Lipinski definition) is 0. The highest BCUT2D eigenvalue weighted by molar-refractivity contribution is 7.92. The van der Waals surface area contributed by atoms with E-state index in [2.05, 4.69) is 24.9 Å². The molecule has 2 atom stereocenters. The molecule has 0 saturated carbocycles. The third kappa shape index (κ3) is 6.77. The maximum absolute atomic E-state index is 13.7. The molecule has 0 aliphatic rings. The van der Waals surface area contributed by atoms with Crippen molar-refractivity contribution in [3.05, 3.63) is 96.1 Å². The molecule has 9 heteroatoms. The van der Waals surface area contributed by atoms with Crippen LogP contribution in [0.2, 0.25) is 0 Å². The van der Waals surface area contributed by atoms with E-state index in [4.69, 9.17) is 5.26 Å². The molecular formula is C32H37N5O3S. The summed E-state index contributed by atoms with van der Waals surface area (Å²) in [5, 5.41) is 10.9. The van der Waals surface area contributed by atoms with Crippen molar-refractivity contribution in [2.24, 2.45) is 5.92 Å². The lowest BCUT2D eigenvalue weighted by Crippen LogP contribution is -2.50. The molecule has 1 heterocycles. The number of imidazole rings is 1. The van der Waals surface area contributed by atoms with E-state index in [0.717, 1.165) is 28.5 Å². The zero-order chi connectivity index (χ0) is 29.6. The van der Waals surface area contributed by atoms with Crippen LogP contribution < -0.4 is 4.31 Å². The van der Waals surface area contributed by atoms with Crippen LogP contribution in [0.1, 0.15) is 44.0 Å². The molecule has 0 unspecified atom stereocenters. The summed E-state index contributed by atoms with van der Waals surface area (Å²) < 4.78 is 30.4. The topological polar surface area (TPSA) is 99.3 Å². The second kappa shape index (κ2) is 13.0. The highest BCUT2D eigenvalue weighted by Gasteiger charge is 2.32. The molecule has 0 N–H and O–H groups in total. The van der Waals surface area contributed by atoms with E-state index in [-0.39, 0.29) is 36.6 Å². The molecular weight excluding hydrogens is 534 g/mol. The van der Waals surface area contributed by atoms with Gasteiger partial charge >= 0.3 is 0 Å². The smallest absolute Gasteiger partial charge is 0.234 e. The van der Waals surface area contributed by atoms with Gasteiger partial charge in [-0.05, 0) is 42.0 Å². The van der Waals surface area contributed by atoms with Crippen LogP contribution in [0.3, 0.4) is 0 Å². The van der Waals surface area contributed by atoms with Crippen LogP contribution in [0.25, 0.3) is 10.8 Å². The van der Waals surface area contributed by atoms with Crippen molar-refractivity contribution in [1.29, 1.82) is 5.26 Å². The van der Waals surface area contributed by atoms with Gasteiger partial charge in [0, 0.05) is 30.9 Å². The van der Waals surface area contributed by atoms with Gasteiger partial charge in [-0.15, -0.1) is 0 Å². The molecule has 0 saturated heterocycles. The molecule has 1 aromatic heterocycles. The average Bonchev–Trinajstić information content (AvgIpc) is 3.43. The van der Waals surface area contributed by atoms with Crippen molar-refractivity contribution < 1.29 is 13.2 Å². The van der Waals surface area contributed by atoms with E-state index in [9.17, 15) is 13.2 Å². The molecule has 0 fully saturated rings. The van der Waals surface area contributed by atoms with E-state index in [0.29, 0.717) is 17.8 Å². The first-order chi connectivity index (χ1) is 19.7. The highest BCUT2D eigenvalue weighted by atomic mass is 32.2. The summed E-state index contributed by atoms with van der Waals surface area (Å²) in [6, 6.07) is 22.5. The first-order valence-corrected chi connectivity index (χ1v) is 15.5. The Bertz CT molecular complexity index is 1630. The minimum absolute atomic E-state index is 0.0460. The number of aromatic nitrogens is 2. The van der Waals surface area contributed by atoms with Gasteiger partial charge in [0.2, 0.25) is 15.9 Å². The van der Waals surface area contributed by atoms with Crippen molar-refractivity contribution in [3.8, 4) is 6.07 Å². The van der Waals surface area contributed by atoms with Crippen molar-refractivity contribution in [2.75, 3.05) is 23.7 Å². The molecule has 8 nitrogen and oxygen atoms in total. The number of fused-ring (bicyclic) bond motifs is 1. The summed E-state index contributed by atoms with van der Waals surface area (Å²) in [4.78, 5) is 19.7. The number of carbonyl (C=O) groups is 1. The standard InChI is InChI=1S/C32H37N5O3S/c1-5-24(3)31(22-37(41(39,40)6-2)30-13-9-11-27-10-7-8-12-29(27)30)35(4)32(38)18-28-20-34-23-36(28)21-26-16-14-25(19-33)15-17-26/h7-17,20,23-24,31H,5-6,18,21-22H2,1-4H3/t24-,31+/m0/s1. The molecule has 214 valence electrons. The van der Waals surface area contributed by atoms with E-state index in [1.165, 1.54) is 4.31 Å². The highest BCUT2D eigenvalue weighted by Crippen LogP contribution is 2.30. The molecule has 0 spiro atoms. The second-order valence-corrected chi connectivity index (χ2v) is 12.6. The summed E-state index contributed by atoms with van der Waals surface area (Å²) in [6.45, 7) is 6.45. The molecule has 0 bridgehead atoms. The van der Waals surface area contributed by atoms with Crippen LogP contribution in [-0.4, -0.2) is 54.2 Å². The predicted octanol–water partition coefficient (Wildman–Crippen LogP) is 5.23. The number of anilines is 1. The number of hydrogen-bond acceptors (Lipinski definition) is 5. The Morgan fingerprint density at radius 1 is 1.05 bits per heavy atom. The zero-order valence-electron chi connectivity index (χ0n) is 24.1. The fraction of sp³-hybridized carbons (Fsp3) is 0.344. The second-order valence-electron chi connectivity index (χ2n) is 10.4. The lowest BCUT2D eigenvalue weighted by Gasteiger charge is -2.37. The normalized spacial score (nSPS) is 13.0. The van der Waals surface area contributed by atoms with Crippen LogP contribution in [0.15, 0.2) is 79.3 Å². The Morgan fingerprint density at radius 3 is 2.44 bits per heavy atom. The molecule has 3 aromatic carbocycles. The van der Waals surface area contributed by atoms with Gasteiger partial charge in [-0.25, -0.2) is 13.4 Å². The number of carbonyl (C=O) groups excluding carboxylic acids is 1. The third-order valence-electron chi connectivity index (χ3n) is 7.85. The number of amides is 1. The summed E-state index contributed by atoms with van der Waals surface area (Å²) in [6.07, 6.45) is 4.31. The first kappa shape index (κ1) is 29.8. The average molecular weight is 572 g/mol. The van der Waals surface area contributed by atoms with E-state index in [1.807, 2.05) is 59.2 Å². The number of nitriles is 1. The lowest BCUT2D eigenvalue weighted by atomic mass is 9.97. The Balaban J connectivity index is 1.60. The summed E-state index contributed by atoms with van der Waals surface area (Å²) in [7, 11) is -1.87. The van der Waals surface area contributed by atoms with E-state index >= 15 is 0 Å². The minimum atomic E-state index is -3.64. The maximum atomic E-state index is 13.7. The Kier molecular flexibility index (Phi) is 9.46. The van der Waals surface area contributed by atoms with Crippen molar-refractivity contribution >= 4 is 32.4 Å². The van der Waals surface area contributed by atoms with Crippen LogP contribution in [0.5, 0.6) is 0 Å². The Morgan fingerprint density at radius 2 is 1.76 bits per heavy atom. The van der Waals surface area contributed by atoms with Crippen molar-refractivity contribution in [1.82, 2.24) is 14.5 Å². The van der Waals surface area contributed by atoms with Gasteiger partial charge in [-0.1, -0.05) is 68.8 Å². The Hall–Kier alpha value is -4.16. The van der Waals surface area contributed by atoms with Gasteiger partial charge in [0.25, 0.3) is 0 Å². The van der Waals surface area contributed by atoms with Crippen LogP contribution in [0, 0.1) is 17.2 Å². The SMILES string of the molecule is CC[C@H](C)[C@@H](CN(c1cccc2ccccc12)S(=O)(=O)CC)N(C)C(=O)Cc1cncn1Cc1ccc(C#N)cc1. The summed E-state index contributed by atoms with van der Waals surface area (Å²) >= 11 is 0. The summed E-state index contributed by atoms with van der Waals surface area (Å²) in [5.74, 6) is -0.101. The van der Waals surface area contributed by atoms with Crippen molar-refractivity contribution in [2.45, 2.75) is 46.2 Å². The van der Waals surface area contributed by atoms with Crippen molar-refractivity contribution in [3.63, 3.8) is 0 Å². The van der Waals surface area contributed by atoms with Gasteiger partial charge in [0.1, 0.15) is 0 Å². The van der Waals surface area contributed by atoms with Crippen LogP contribution >= 0.6 is 0 Å². The maximum Gasteiger partial charge on any atom is 0.234 e. The lowest BCUT2D eigenvalue weighted by molar-refractivity contribution is -0.132. The van der Waals surface area contributed by atoms with Gasteiger partial charge in [0.15, 0.2) is 0 Å². The van der Waals surface area contributed by atoms with Gasteiger partial charge in [-0.2, -0.15) is 5.26 Å². The number of rotatable bonds is 12. The molecule has 41 heavy (non-hydrogen) atoms. The Labute approximate surface area is 242 Å².